The first kappa shape index (κ1) is 22.9. The van der Waals surface area contributed by atoms with Crippen molar-refractivity contribution in [1.82, 2.24) is 9.62 Å². The Hall–Kier alpha value is -1.86. The third-order valence-electron chi connectivity index (χ3n) is 9.79. The SMILES string of the molecule is COc1ccc(S(=O)(=O)N[C@H]2CC[C@H]3[C@@H]4CC[C@H]5N(C)C(=O)C=C[C@]5(C)[C@H]4CC[C@]23C)cc1. The van der Waals surface area contributed by atoms with Crippen LogP contribution >= 0.6 is 0 Å². The average Bonchev–Trinajstić information content (AvgIpc) is 3.12. The summed E-state index contributed by atoms with van der Waals surface area (Å²) in [6, 6.07) is 6.83. The van der Waals surface area contributed by atoms with Crippen LogP contribution in [0.4, 0.5) is 0 Å². The van der Waals surface area contributed by atoms with E-state index in [0.29, 0.717) is 23.5 Å². The van der Waals surface area contributed by atoms with Crippen molar-refractivity contribution in [3.05, 3.63) is 36.4 Å². The Labute approximate surface area is 197 Å². The van der Waals surface area contributed by atoms with Crippen LogP contribution in [0.25, 0.3) is 0 Å². The van der Waals surface area contributed by atoms with Crippen LogP contribution in [-0.2, 0) is 14.8 Å². The van der Waals surface area contributed by atoms with Gasteiger partial charge in [0.25, 0.3) is 0 Å². The number of sulfonamides is 1. The molecule has 1 aliphatic heterocycles. The zero-order chi connectivity index (χ0) is 23.6. The van der Waals surface area contributed by atoms with Gasteiger partial charge in [-0.15, -0.1) is 0 Å². The van der Waals surface area contributed by atoms with Crippen molar-refractivity contribution in [2.75, 3.05) is 14.2 Å². The van der Waals surface area contributed by atoms with Gasteiger partial charge >= 0.3 is 0 Å². The number of carbonyl (C=O) groups excluding carboxylic acids is 1. The monoisotopic (exact) mass is 472 g/mol. The number of benzene rings is 1. The van der Waals surface area contributed by atoms with Crippen LogP contribution in [-0.4, -0.2) is 45.5 Å². The fourth-order valence-electron chi connectivity index (χ4n) is 7.94. The topological polar surface area (TPSA) is 75.7 Å². The van der Waals surface area contributed by atoms with E-state index in [0.717, 1.165) is 38.5 Å². The number of fused-ring (bicyclic) bond motifs is 5. The predicted octanol–water partition coefficient (Wildman–Crippen LogP) is 3.98. The van der Waals surface area contributed by atoms with E-state index >= 15 is 0 Å². The molecule has 5 rings (SSSR count). The second-order valence-corrected chi connectivity index (χ2v) is 12.8. The highest BCUT2D eigenvalue weighted by Crippen LogP contribution is 2.64. The molecule has 0 radical (unpaired) electrons. The van der Waals surface area contributed by atoms with E-state index < -0.39 is 10.0 Å². The summed E-state index contributed by atoms with van der Waals surface area (Å²) in [5, 5.41) is 0. The summed E-state index contributed by atoms with van der Waals surface area (Å²) < 4.78 is 34.6. The molecule has 3 saturated carbocycles. The molecule has 0 spiro atoms. The highest BCUT2D eigenvalue weighted by Gasteiger charge is 2.60. The van der Waals surface area contributed by atoms with Crippen molar-refractivity contribution in [2.24, 2.45) is 28.6 Å². The summed E-state index contributed by atoms with van der Waals surface area (Å²) >= 11 is 0. The number of hydrogen-bond donors (Lipinski definition) is 1. The van der Waals surface area contributed by atoms with Gasteiger partial charge < -0.3 is 9.64 Å². The van der Waals surface area contributed by atoms with Crippen LogP contribution in [0.3, 0.4) is 0 Å². The maximum Gasteiger partial charge on any atom is 0.246 e. The number of likely N-dealkylation sites (N-methyl/N-ethyl adjacent to an activating group) is 1. The number of carbonyl (C=O) groups is 1. The number of nitrogens with one attached hydrogen (secondary N) is 1. The molecule has 1 aromatic carbocycles. The van der Waals surface area contributed by atoms with E-state index in [-0.39, 0.29) is 33.7 Å². The largest absolute Gasteiger partial charge is 0.497 e. The van der Waals surface area contributed by atoms with Crippen LogP contribution in [0.5, 0.6) is 5.75 Å². The fourth-order valence-corrected chi connectivity index (χ4v) is 9.33. The van der Waals surface area contributed by atoms with Gasteiger partial charge in [0.15, 0.2) is 0 Å². The highest BCUT2D eigenvalue weighted by molar-refractivity contribution is 7.89. The Morgan fingerprint density at radius 3 is 2.45 bits per heavy atom. The Balaban J connectivity index is 1.37. The van der Waals surface area contributed by atoms with E-state index in [1.807, 2.05) is 11.9 Å². The maximum absolute atomic E-state index is 13.2. The normalized spacial score (nSPS) is 40.2. The smallest absolute Gasteiger partial charge is 0.246 e. The number of hydrogen-bond acceptors (Lipinski definition) is 4. The minimum absolute atomic E-state index is 0.00753. The Kier molecular flexibility index (Phi) is 5.44. The third kappa shape index (κ3) is 3.45. The van der Waals surface area contributed by atoms with Gasteiger partial charge in [0, 0.05) is 24.5 Å². The lowest BCUT2D eigenvalue weighted by atomic mass is 9.48. The van der Waals surface area contributed by atoms with Crippen LogP contribution in [0.2, 0.25) is 0 Å². The number of ether oxygens (including phenoxy) is 1. The first-order valence-corrected chi connectivity index (χ1v) is 13.7. The van der Waals surface area contributed by atoms with Crippen molar-refractivity contribution in [2.45, 2.75) is 69.4 Å². The summed E-state index contributed by atoms with van der Waals surface area (Å²) in [4.78, 5) is 14.5. The summed E-state index contributed by atoms with van der Waals surface area (Å²) in [6.07, 6.45) is 10.2. The maximum atomic E-state index is 13.2. The molecule has 3 fully saturated rings. The lowest BCUT2D eigenvalue weighted by molar-refractivity contribution is -0.138. The molecule has 7 heteroatoms. The molecule has 0 saturated heterocycles. The molecule has 0 bridgehead atoms. The summed E-state index contributed by atoms with van der Waals surface area (Å²) in [7, 11) is -0.0722. The van der Waals surface area contributed by atoms with Gasteiger partial charge in [0.05, 0.1) is 12.0 Å². The Bertz CT molecular complexity index is 1070. The molecule has 0 unspecified atom stereocenters. The number of rotatable bonds is 4. The van der Waals surface area contributed by atoms with Crippen LogP contribution in [0.1, 0.15) is 52.4 Å². The van der Waals surface area contributed by atoms with Crippen molar-refractivity contribution < 1.29 is 17.9 Å². The summed E-state index contributed by atoms with van der Waals surface area (Å²) in [5.74, 6) is 2.39. The van der Waals surface area contributed by atoms with E-state index in [1.54, 1.807) is 37.5 Å². The number of nitrogens with zero attached hydrogens (tertiary/aromatic N) is 1. The zero-order valence-electron chi connectivity index (χ0n) is 20.1. The molecule has 0 aromatic heterocycles. The highest BCUT2D eigenvalue weighted by atomic mass is 32.2. The van der Waals surface area contributed by atoms with Crippen LogP contribution in [0, 0.1) is 28.6 Å². The van der Waals surface area contributed by atoms with Crippen molar-refractivity contribution >= 4 is 15.9 Å². The van der Waals surface area contributed by atoms with Crippen molar-refractivity contribution in [3.63, 3.8) is 0 Å². The Morgan fingerprint density at radius 2 is 1.76 bits per heavy atom. The summed E-state index contributed by atoms with van der Waals surface area (Å²) in [6.45, 7) is 4.65. The second-order valence-electron chi connectivity index (χ2n) is 11.1. The molecule has 33 heavy (non-hydrogen) atoms. The molecule has 180 valence electrons. The van der Waals surface area contributed by atoms with Gasteiger partial charge in [0.1, 0.15) is 5.75 Å². The lowest BCUT2D eigenvalue weighted by Crippen LogP contribution is -2.60. The quantitative estimate of drug-likeness (QED) is 0.719. The molecule has 7 atom stereocenters. The number of methoxy groups -OCH3 is 1. The zero-order valence-corrected chi connectivity index (χ0v) is 20.9. The van der Waals surface area contributed by atoms with Gasteiger partial charge in [0.2, 0.25) is 15.9 Å². The molecule has 3 aliphatic carbocycles. The standard InChI is InChI=1S/C26H36N2O4S/c1-25-15-13-21-19(9-12-23-26(21,2)16-14-24(29)28(23)3)20(25)10-11-22(25)27-33(30,31)18-7-5-17(32-4)6-8-18/h5-8,14,16,19-23,27H,9-13,15H2,1-4H3/t19-,20-,21-,22-,23+,25-,26+/m0/s1. The molecular weight excluding hydrogens is 436 g/mol. The minimum Gasteiger partial charge on any atom is -0.497 e. The predicted molar refractivity (Wildman–Crippen MR) is 127 cm³/mol. The summed E-state index contributed by atoms with van der Waals surface area (Å²) in [5.41, 5.74) is -0.0302. The molecular formula is C26H36N2O4S. The van der Waals surface area contributed by atoms with E-state index in [9.17, 15) is 13.2 Å². The van der Waals surface area contributed by atoms with Crippen molar-refractivity contribution in [1.29, 1.82) is 0 Å². The molecule has 6 nitrogen and oxygen atoms in total. The van der Waals surface area contributed by atoms with E-state index in [1.165, 1.54) is 0 Å². The fraction of sp³-hybridized carbons (Fsp3) is 0.654. The van der Waals surface area contributed by atoms with E-state index in [4.69, 9.17) is 4.74 Å². The van der Waals surface area contributed by atoms with Gasteiger partial charge in [-0.2, -0.15) is 0 Å². The van der Waals surface area contributed by atoms with Gasteiger partial charge in [-0.05, 0) is 92.0 Å². The first-order valence-electron chi connectivity index (χ1n) is 12.2. The Morgan fingerprint density at radius 1 is 1.03 bits per heavy atom. The van der Waals surface area contributed by atoms with Crippen LogP contribution < -0.4 is 9.46 Å². The van der Waals surface area contributed by atoms with Gasteiger partial charge in [-0.3, -0.25) is 4.79 Å². The first-order chi connectivity index (χ1) is 15.6. The minimum atomic E-state index is -3.59. The van der Waals surface area contributed by atoms with E-state index in [2.05, 4.69) is 24.6 Å². The lowest BCUT2D eigenvalue weighted by Gasteiger charge is -2.60. The molecule has 1 N–H and O–H groups in total. The van der Waals surface area contributed by atoms with Gasteiger partial charge in [-0.25, -0.2) is 13.1 Å². The average molecular weight is 473 g/mol. The van der Waals surface area contributed by atoms with Crippen molar-refractivity contribution in [3.8, 4) is 5.75 Å². The molecule has 1 heterocycles. The third-order valence-corrected chi connectivity index (χ3v) is 11.3. The molecule has 1 amide bonds. The second kappa shape index (κ2) is 7.84. The van der Waals surface area contributed by atoms with Gasteiger partial charge in [-0.1, -0.05) is 19.9 Å². The molecule has 4 aliphatic rings. The van der Waals surface area contributed by atoms with Crippen LogP contribution in [0.15, 0.2) is 41.3 Å². The number of amides is 1. The molecule has 1 aromatic rings.